The van der Waals surface area contributed by atoms with Gasteiger partial charge in [0, 0.05) is 12.1 Å². The minimum atomic E-state index is -4.39. The standard InChI is InChI=1S/C17H15ClN2O6S2/c1-10(21)16-17(22)12-7-13(18)15(27(19,23)24)8-14(12)28(25,26)20(16)9-11-5-3-2-4-6-11/h2-8,16H,9H2,1H3,(H2,19,23,24). The Kier molecular flexibility index (Phi) is 5.19. The predicted molar refractivity (Wildman–Crippen MR) is 101 cm³/mol. The Bertz CT molecular complexity index is 1190. The average Bonchev–Trinajstić information content (AvgIpc) is 2.59. The van der Waals surface area contributed by atoms with Crippen LogP contribution in [0.2, 0.25) is 5.02 Å². The number of ketones is 2. The van der Waals surface area contributed by atoms with Crippen LogP contribution in [0, 0.1) is 0 Å². The van der Waals surface area contributed by atoms with Gasteiger partial charge in [-0.25, -0.2) is 22.0 Å². The highest BCUT2D eigenvalue weighted by atomic mass is 35.5. The van der Waals surface area contributed by atoms with Gasteiger partial charge < -0.3 is 0 Å². The number of sulfonamides is 2. The third-order valence-electron chi connectivity index (χ3n) is 4.30. The molecule has 28 heavy (non-hydrogen) atoms. The van der Waals surface area contributed by atoms with E-state index in [4.69, 9.17) is 16.7 Å². The summed E-state index contributed by atoms with van der Waals surface area (Å²) >= 11 is 5.89. The molecule has 11 heteroatoms. The summed E-state index contributed by atoms with van der Waals surface area (Å²) in [6.45, 7) is 0.868. The van der Waals surface area contributed by atoms with E-state index < -0.39 is 52.5 Å². The molecule has 0 saturated heterocycles. The molecule has 1 unspecified atom stereocenters. The SMILES string of the molecule is CC(=O)C1C(=O)c2cc(Cl)c(S(N)(=O)=O)cc2S(=O)(=O)N1Cc1ccccc1. The summed E-state index contributed by atoms with van der Waals surface area (Å²) in [5.74, 6) is -1.45. The van der Waals surface area contributed by atoms with Crippen molar-refractivity contribution in [2.24, 2.45) is 5.14 Å². The molecule has 1 atom stereocenters. The molecule has 3 rings (SSSR count). The summed E-state index contributed by atoms with van der Waals surface area (Å²) < 4.78 is 50.6. The zero-order valence-corrected chi connectivity index (χ0v) is 16.9. The maximum Gasteiger partial charge on any atom is 0.245 e. The van der Waals surface area contributed by atoms with E-state index >= 15 is 0 Å². The van der Waals surface area contributed by atoms with Crippen molar-refractivity contribution >= 4 is 43.2 Å². The molecule has 2 N–H and O–H groups in total. The van der Waals surface area contributed by atoms with Crippen LogP contribution in [0.1, 0.15) is 22.8 Å². The summed E-state index contributed by atoms with van der Waals surface area (Å²) in [6.07, 6.45) is 0. The zero-order chi connectivity index (χ0) is 20.9. The maximum absolute atomic E-state index is 13.2. The van der Waals surface area contributed by atoms with Gasteiger partial charge >= 0.3 is 0 Å². The Labute approximate surface area is 167 Å². The van der Waals surface area contributed by atoms with Crippen molar-refractivity contribution in [2.45, 2.75) is 29.3 Å². The third-order valence-corrected chi connectivity index (χ3v) is 7.52. The molecule has 0 radical (unpaired) electrons. The molecule has 148 valence electrons. The highest BCUT2D eigenvalue weighted by Crippen LogP contribution is 2.36. The molecule has 1 aliphatic rings. The number of carbonyl (C=O) groups is 2. The smallest absolute Gasteiger partial charge is 0.245 e. The predicted octanol–water partition coefficient (Wildman–Crippen LogP) is 1.33. The van der Waals surface area contributed by atoms with Gasteiger partial charge in [-0.2, -0.15) is 4.31 Å². The van der Waals surface area contributed by atoms with E-state index in [1.165, 1.54) is 0 Å². The van der Waals surface area contributed by atoms with Crippen molar-refractivity contribution in [2.75, 3.05) is 0 Å². The van der Waals surface area contributed by atoms with Crippen LogP contribution in [0.15, 0.2) is 52.3 Å². The zero-order valence-electron chi connectivity index (χ0n) is 14.5. The van der Waals surface area contributed by atoms with Crippen LogP contribution in [0.3, 0.4) is 0 Å². The molecule has 1 heterocycles. The number of Topliss-reactive ketones (excluding diaryl/α,β-unsaturated/α-hetero) is 2. The Morgan fingerprint density at radius 3 is 2.36 bits per heavy atom. The van der Waals surface area contributed by atoms with Crippen molar-refractivity contribution in [1.82, 2.24) is 4.31 Å². The van der Waals surface area contributed by atoms with Crippen molar-refractivity contribution in [3.05, 3.63) is 58.6 Å². The van der Waals surface area contributed by atoms with Crippen LogP contribution in [-0.2, 0) is 31.4 Å². The van der Waals surface area contributed by atoms with Gasteiger partial charge in [0.25, 0.3) is 0 Å². The lowest BCUT2D eigenvalue weighted by atomic mass is 10.0. The molecule has 1 aliphatic heterocycles. The van der Waals surface area contributed by atoms with Gasteiger partial charge in [0.1, 0.15) is 10.9 Å². The Morgan fingerprint density at radius 2 is 1.82 bits per heavy atom. The number of rotatable bonds is 4. The quantitative estimate of drug-likeness (QED) is 0.710. The topological polar surface area (TPSA) is 132 Å². The van der Waals surface area contributed by atoms with Gasteiger partial charge in [0.15, 0.2) is 11.6 Å². The molecule has 2 aromatic rings. The number of hydrogen-bond donors (Lipinski definition) is 1. The van der Waals surface area contributed by atoms with E-state index in [0.29, 0.717) is 5.56 Å². The number of carbonyl (C=O) groups excluding carboxylic acids is 2. The first kappa shape index (κ1) is 20.6. The lowest BCUT2D eigenvalue weighted by molar-refractivity contribution is -0.119. The van der Waals surface area contributed by atoms with E-state index in [0.717, 1.165) is 23.4 Å². The lowest BCUT2D eigenvalue weighted by Crippen LogP contribution is -2.52. The first-order chi connectivity index (χ1) is 12.9. The molecule has 0 saturated carbocycles. The number of nitrogens with two attached hydrogens (primary N) is 1. The van der Waals surface area contributed by atoms with Gasteiger partial charge in [-0.05, 0) is 24.6 Å². The summed E-state index contributed by atoms with van der Waals surface area (Å²) in [4.78, 5) is 23.9. The Morgan fingerprint density at radius 1 is 1.21 bits per heavy atom. The maximum atomic E-state index is 13.2. The number of primary sulfonamides is 1. The number of fused-ring (bicyclic) bond motifs is 1. The molecule has 0 fully saturated rings. The normalized spacial score (nSPS) is 19.2. The number of halogens is 1. The van der Waals surface area contributed by atoms with Gasteiger partial charge in [-0.1, -0.05) is 41.9 Å². The van der Waals surface area contributed by atoms with Crippen LogP contribution < -0.4 is 5.14 Å². The van der Waals surface area contributed by atoms with Crippen LogP contribution in [0.4, 0.5) is 0 Å². The van der Waals surface area contributed by atoms with Crippen molar-refractivity contribution in [1.29, 1.82) is 0 Å². The number of benzene rings is 2. The molecule has 2 aromatic carbocycles. The molecular weight excluding hydrogens is 428 g/mol. The Hall–Kier alpha value is -2.11. The van der Waals surface area contributed by atoms with Crippen molar-refractivity contribution in [3.63, 3.8) is 0 Å². The van der Waals surface area contributed by atoms with Crippen LogP contribution in [0.5, 0.6) is 0 Å². The van der Waals surface area contributed by atoms with Gasteiger partial charge in [0.05, 0.1) is 9.92 Å². The molecule has 8 nitrogen and oxygen atoms in total. The fourth-order valence-corrected chi connectivity index (χ4v) is 6.00. The summed E-state index contributed by atoms with van der Waals surface area (Å²) in [7, 11) is -8.73. The molecule has 0 aliphatic carbocycles. The van der Waals surface area contributed by atoms with Gasteiger partial charge in [-0.3, -0.25) is 9.59 Å². The molecule has 0 bridgehead atoms. The second kappa shape index (κ2) is 7.05. The van der Waals surface area contributed by atoms with E-state index in [2.05, 4.69) is 0 Å². The van der Waals surface area contributed by atoms with E-state index in [1.54, 1.807) is 30.3 Å². The Balaban J connectivity index is 2.27. The van der Waals surface area contributed by atoms with Crippen LogP contribution in [0.25, 0.3) is 0 Å². The van der Waals surface area contributed by atoms with E-state index in [1.807, 2.05) is 0 Å². The largest absolute Gasteiger partial charge is 0.298 e. The first-order valence-corrected chi connectivity index (χ1v) is 11.3. The summed E-state index contributed by atoms with van der Waals surface area (Å²) in [5.41, 5.74) is 0.205. The number of nitrogens with zero attached hydrogens (tertiary/aromatic N) is 1. The van der Waals surface area contributed by atoms with Gasteiger partial charge in [-0.15, -0.1) is 0 Å². The van der Waals surface area contributed by atoms with Crippen LogP contribution >= 0.6 is 11.6 Å². The fraction of sp³-hybridized carbons (Fsp3) is 0.176. The van der Waals surface area contributed by atoms with Gasteiger partial charge in [0.2, 0.25) is 20.0 Å². The lowest BCUT2D eigenvalue weighted by Gasteiger charge is -2.33. The third kappa shape index (κ3) is 3.49. The minimum absolute atomic E-state index is 0.244. The summed E-state index contributed by atoms with van der Waals surface area (Å²) in [5, 5.41) is 4.69. The highest BCUT2D eigenvalue weighted by Gasteiger charge is 2.46. The summed E-state index contributed by atoms with van der Waals surface area (Å²) in [6, 6.07) is 8.49. The average molecular weight is 443 g/mol. The second-order valence-corrected chi connectivity index (χ2v) is 10.0. The first-order valence-electron chi connectivity index (χ1n) is 7.91. The van der Waals surface area contributed by atoms with E-state index in [-0.39, 0.29) is 12.1 Å². The monoisotopic (exact) mass is 442 g/mol. The molecule has 0 spiro atoms. The fourth-order valence-electron chi connectivity index (χ4n) is 3.03. The molecule has 0 amide bonds. The minimum Gasteiger partial charge on any atom is -0.298 e. The van der Waals surface area contributed by atoms with E-state index in [9.17, 15) is 26.4 Å². The highest BCUT2D eigenvalue weighted by molar-refractivity contribution is 7.90. The van der Waals surface area contributed by atoms with Crippen molar-refractivity contribution in [3.8, 4) is 0 Å². The van der Waals surface area contributed by atoms with Crippen molar-refractivity contribution < 1.29 is 26.4 Å². The molecular formula is C17H15ClN2O6S2. The second-order valence-electron chi connectivity index (χ2n) is 6.24. The van der Waals surface area contributed by atoms with Crippen LogP contribution in [-0.4, -0.2) is 38.7 Å². The number of hydrogen-bond acceptors (Lipinski definition) is 6. The molecule has 0 aromatic heterocycles.